The number of imidazole rings is 1. The number of hydrogen-bond acceptors (Lipinski definition) is 5. The molecule has 3 aromatic rings. The molecular weight excluding hydrogens is 348 g/mol. The normalized spacial score (nSPS) is 15.7. The van der Waals surface area contributed by atoms with Gasteiger partial charge >= 0.3 is 0 Å². The molecular formula is C22H28N6. The molecule has 0 atom stereocenters. The SMILES string of the molecule is CN(C)c1ncc(CN2CCC(c3nccc(-c4ccccc4)n3)CC2)n1C. The third kappa shape index (κ3) is 3.92. The first-order chi connectivity index (χ1) is 13.6. The van der Waals surface area contributed by atoms with E-state index in [0.29, 0.717) is 5.92 Å². The number of hydrogen-bond donors (Lipinski definition) is 0. The molecule has 0 spiro atoms. The van der Waals surface area contributed by atoms with Crippen molar-refractivity contribution in [3.05, 3.63) is 60.3 Å². The highest BCUT2D eigenvalue weighted by molar-refractivity contribution is 5.58. The van der Waals surface area contributed by atoms with Gasteiger partial charge in [0.1, 0.15) is 5.82 Å². The zero-order valence-corrected chi connectivity index (χ0v) is 16.9. The number of likely N-dealkylation sites (tertiary alicyclic amines) is 1. The summed E-state index contributed by atoms with van der Waals surface area (Å²) < 4.78 is 2.18. The number of benzene rings is 1. The average Bonchev–Trinajstić information content (AvgIpc) is 3.10. The summed E-state index contributed by atoms with van der Waals surface area (Å²) in [6.07, 6.45) is 6.08. The Morgan fingerprint density at radius 1 is 1.04 bits per heavy atom. The van der Waals surface area contributed by atoms with E-state index in [0.717, 1.165) is 55.5 Å². The lowest BCUT2D eigenvalue weighted by Gasteiger charge is -2.31. The van der Waals surface area contributed by atoms with Crippen LogP contribution < -0.4 is 4.90 Å². The quantitative estimate of drug-likeness (QED) is 0.684. The zero-order chi connectivity index (χ0) is 19.5. The van der Waals surface area contributed by atoms with Crippen LogP contribution in [0.5, 0.6) is 0 Å². The molecule has 6 heteroatoms. The van der Waals surface area contributed by atoms with E-state index in [1.54, 1.807) is 0 Å². The lowest BCUT2D eigenvalue weighted by molar-refractivity contribution is 0.198. The summed E-state index contributed by atoms with van der Waals surface area (Å²) in [5.74, 6) is 2.41. The summed E-state index contributed by atoms with van der Waals surface area (Å²) in [7, 11) is 6.15. The van der Waals surface area contributed by atoms with Crippen molar-refractivity contribution in [3.63, 3.8) is 0 Å². The zero-order valence-electron chi connectivity index (χ0n) is 16.9. The minimum absolute atomic E-state index is 0.434. The van der Waals surface area contributed by atoms with Crippen LogP contribution in [0, 0.1) is 0 Å². The number of piperidine rings is 1. The van der Waals surface area contributed by atoms with Crippen LogP contribution >= 0.6 is 0 Å². The average molecular weight is 377 g/mol. The van der Waals surface area contributed by atoms with E-state index in [-0.39, 0.29) is 0 Å². The van der Waals surface area contributed by atoms with Gasteiger partial charge in [0.05, 0.1) is 17.6 Å². The molecule has 2 aromatic heterocycles. The van der Waals surface area contributed by atoms with Crippen LogP contribution in [0.15, 0.2) is 48.8 Å². The van der Waals surface area contributed by atoms with Crippen LogP contribution in [-0.4, -0.2) is 51.6 Å². The van der Waals surface area contributed by atoms with Gasteiger partial charge in [-0.3, -0.25) is 4.90 Å². The molecule has 1 saturated heterocycles. The van der Waals surface area contributed by atoms with E-state index in [2.05, 4.69) is 50.7 Å². The summed E-state index contributed by atoms with van der Waals surface area (Å²) in [5, 5.41) is 0. The predicted molar refractivity (Wildman–Crippen MR) is 112 cm³/mol. The molecule has 0 saturated carbocycles. The number of anilines is 1. The van der Waals surface area contributed by atoms with Crippen molar-refractivity contribution < 1.29 is 0 Å². The fraction of sp³-hybridized carbons (Fsp3) is 0.409. The molecule has 0 unspecified atom stereocenters. The van der Waals surface area contributed by atoms with Crippen molar-refractivity contribution in [2.24, 2.45) is 7.05 Å². The molecule has 1 fully saturated rings. The lowest BCUT2D eigenvalue weighted by atomic mass is 9.95. The summed E-state index contributed by atoms with van der Waals surface area (Å²) in [6.45, 7) is 3.06. The Balaban J connectivity index is 1.39. The number of aromatic nitrogens is 4. The molecule has 1 aliphatic rings. The van der Waals surface area contributed by atoms with Crippen LogP contribution in [-0.2, 0) is 13.6 Å². The van der Waals surface area contributed by atoms with Crippen molar-refractivity contribution in [3.8, 4) is 11.3 Å². The molecule has 146 valence electrons. The van der Waals surface area contributed by atoms with Gasteiger partial charge in [-0.15, -0.1) is 0 Å². The van der Waals surface area contributed by atoms with Gasteiger partial charge in [-0.05, 0) is 32.0 Å². The second kappa shape index (κ2) is 8.10. The minimum atomic E-state index is 0.434. The van der Waals surface area contributed by atoms with E-state index >= 15 is 0 Å². The lowest BCUT2D eigenvalue weighted by Crippen LogP contribution is -2.33. The fourth-order valence-electron chi connectivity index (χ4n) is 3.91. The van der Waals surface area contributed by atoms with Crippen molar-refractivity contribution in [2.75, 3.05) is 32.1 Å². The van der Waals surface area contributed by atoms with E-state index in [4.69, 9.17) is 4.98 Å². The molecule has 28 heavy (non-hydrogen) atoms. The van der Waals surface area contributed by atoms with Gasteiger partial charge in [-0.1, -0.05) is 30.3 Å². The molecule has 0 amide bonds. The molecule has 1 aromatic carbocycles. The molecule has 0 N–H and O–H groups in total. The second-order valence-electron chi connectivity index (χ2n) is 7.72. The highest BCUT2D eigenvalue weighted by atomic mass is 15.3. The van der Waals surface area contributed by atoms with E-state index in [1.165, 1.54) is 5.69 Å². The highest BCUT2D eigenvalue weighted by Gasteiger charge is 2.24. The van der Waals surface area contributed by atoms with E-state index < -0.39 is 0 Å². The Morgan fingerprint density at radius 2 is 1.79 bits per heavy atom. The molecule has 0 bridgehead atoms. The Morgan fingerprint density at radius 3 is 2.46 bits per heavy atom. The Labute approximate surface area is 166 Å². The maximum absolute atomic E-state index is 4.86. The van der Waals surface area contributed by atoms with Crippen LogP contribution in [0.4, 0.5) is 5.95 Å². The van der Waals surface area contributed by atoms with Gasteiger partial charge in [0.2, 0.25) is 5.95 Å². The van der Waals surface area contributed by atoms with Crippen molar-refractivity contribution in [1.82, 2.24) is 24.4 Å². The number of nitrogens with zero attached hydrogens (tertiary/aromatic N) is 6. The smallest absolute Gasteiger partial charge is 0.204 e. The Hall–Kier alpha value is -2.73. The molecule has 1 aliphatic heterocycles. The van der Waals surface area contributed by atoms with Crippen LogP contribution in [0.25, 0.3) is 11.3 Å². The van der Waals surface area contributed by atoms with Crippen LogP contribution in [0.1, 0.15) is 30.3 Å². The van der Waals surface area contributed by atoms with Gasteiger partial charge in [-0.2, -0.15) is 0 Å². The van der Waals surface area contributed by atoms with Crippen LogP contribution in [0.2, 0.25) is 0 Å². The predicted octanol–water partition coefficient (Wildman–Crippen LogP) is 3.32. The topological polar surface area (TPSA) is 50.1 Å². The van der Waals surface area contributed by atoms with Crippen molar-refractivity contribution >= 4 is 5.95 Å². The van der Waals surface area contributed by atoms with Gasteiger partial charge < -0.3 is 9.47 Å². The van der Waals surface area contributed by atoms with Gasteiger partial charge in [0.15, 0.2) is 0 Å². The largest absolute Gasteiger partial charge is 0.348 e. The fourth-order valence-corrected chi connectivity index (χ4v) is 3.91. The third-order valence-corrected chi connectivity index (χ3v) is 5.54. The minimum Gasteiger partial charge on any atom is -0.348 e. The first-order valence-electron chi connectivity index (χ1n) is 9.90. The van der Waals surface area contributed by atoms with Crippen molar-refractivity contribution in [1.29, 1.82) is 0 Å². The third-order valence-electron chi connectivity index (χ3n) is 5.54. The maximum atomic E-state index is 4.86. The monoisotopic (exact) mass is 376 g/mol. The van der Waals surface area contributed by atoms with Crippen LogP contribution in [0.3, 0.4) is 0 Å². The molecule has 0 aliphatic carbocycles. The van der Waals surface area contributed by atoms with E-state index in [9.17, 15) is 0 Å². The Kier molecular flexibility index (Phi) is 5.39. The molecule has 6 nitrogen and oxygen atoms in total. The first kappa shape index (κ1) is 18.6. The summed E-state index contributed by atoms with van der Waals surface area (Å²) in [5.41, 5.74) is 3.42. The summed E-state index contributed by atoms with van der Waals surface area (Å²) in [4.78, 5) is 18.5. The maximum Gasteiger partial charge on any atom is 0.204 e. The Bertz CT molecular complexity index is 910. The van der Waals surface area contributed by atoms with Crippen molar-refractivity contribution in [2.45, 2.75) is 25.3 Å². The first-order valence-corrected chi connectivity index (χ1v) is 9.90. The van der Waals surface area contributed by atoms with Gasteiger partial charge in [-0.25, -0.2) is 15.0 Å². The van der Waals surface area contributed by atoms with Gasteiger partial charge in [0.25, 0.3) is 0 Å². The molecule has 3 heterocycles. The van der Waals surface area contributed by atoms with E-state index in [1.807, 2.05) is 43.5 Å². The standard InChI is InChI=1S/C22H28N6/c1-26(2)22-24-15-19(27(22)3)16-28-13-10-18(11-14-28)21-23-12-9-20(25-21)17-7-5-4-6-8-17/h4-9,12,15,18H,10-11,13-14,16H2,1-3H3. The summed E-state index contributed by atoms with van der Waals surface area (Å²) in [6, 6.07) is 12.3. The molecule has 0 radical (unpaired) electrons. The highest BCUT2D eigenvalue weighted by Crippen LogP contribution is 2.28. The molecule has 4 rings (SSSR count). The second-order valence-corrected chi connectivity index (χ2v) is 7.72. The number of rotatable bonds is 5. The summed E-state index contributed by atoms with van der Waals surface area (Å²) >= 11 is 0. The van der Waals surface area contributed by atoms with Gasteiger partial charge in [0, 0.05) is 45.4 Å².